The van der Waals surface area contributed by atoms with Crippen LogP contribution in [0.4, 0.5) is 0 Å². The summed E-state index contributed by atoms with van der Waals surface area (Å²) in [6, 6.07) is 18.6. The van der Waals surface area contributed by atoms with Gasteiger partial charge in [0.05, 0.1) is 0 Å². The summed E-state index contributed by atoms with van der Waals surface area (Å²) in [5, 5.41) is 0. The molecule has 20 heavy (non-hydrogen) atoms. The summed E-state index contributed by atoms with van der Waals surface area (Å²) in [5.41, 5.74) is 3.78. The summed E-state index contributed by atoms with van der Waals surface area (Å²) in [4.78, 5) is 0. The van der Waals surface area contributed by atoms with Crippen LogP contribution >= 0.6 is 0 Å². The van der Waals surface area contributed by atoms with Gasteiger partial charge in [-0.25, -0.2) is 0 Å². The minimum absolute atomic E-state index is 0.634. The molecule has 0 bridgehead atoms. The lowest BCUT2D eigenvalue weighted by molar-refractivity contribution is 0.836. The second-order valence-electron chi connectivity index (χ2n) is 5.07. The molecule has 2 aromatic rings. The number of hydrogen-bond donors (Lipinski definition) is 0. The average Bonchev–Trinajstić information content (AvgIpc) is 2.47. The lowest BCUT2D eigenvalue weighted by Gasteiger charge is -1.95. The molecule has 0 atom stereocenters. The molecule has 0 fully saturated rings. The molecule has 2 rings (SSSR count). The Labute approximate surface area is 123 Å². The maximum absolute atomic E-state index is 3.69. The standard InChI is InChI=1S/C11H14.C9H10/c1-10(2)8-9-11-6-4-3-5-7-11;1-3-9-7-5-4-6-8(9)2/h3-10H,1-2H3;3-7H,1H2,2H3. The fraction of sp³-hybridized carbons (Fsp3) is 0.200. The summed E-state index contributed by atoms with van der Waals surface area (Å²) in [6.45, 7) is 10.1. The quantitative estimate of drug-likeness (QED) is 0.638. The Kier molecular flexibility index (Phi) is 7.13. The van der Waals surface area contributed by atoms with Gasteiger partial charge in [0.25, 0.3) is 0 Å². The zero-order valence-corrected chi connectivity index (χ0v) is 12.7. The third-order valence-corrected chi connectivity index (χ3v) is 2.88. The Morgan fingerprint density at radius 1 is 0.900 bits per heavy atom. The van der Waals surface area contributed by atoms with Crippen molar-refractivity contribution in [2.24, 2.45) is 5.92 Å². The van der Waals surface area contributed by atoms with Crippen molar-refractivity contribution in [1.29, 1.82) is 0 Å². The summed E-state index contributed by atoms with van der Waals surface area (Å²) in [7, 11) is 0. The zero-order chi connectivity index (χ0) is 14.8. The van der Waals surface area contributed by atoms with E-state index in [1.54, 1.807) is 0 Å². The molecule has 0 saturated carbocycles. The summed E-state index contributed by atoms with van der Waals surface area (Å²) >= 11 is 0. The Bertz CT molecular complexity index is 533. The molecule has 2 aromatic carbocycles. The van der Waals surface area contributed by atoms with E-state index in [9.17, 15) is 0 Å². The van der Waals surface area contributed by atoms with Gasteiger partial charge in [0.2, 0.25) is 0 Å². The number of aryl methyl sites for hydroxylation is 1. The highest BCUT2D eigenvalue weighted by atomic mass is 13.9. The molecule has 0 nitrogen and oxygen atoms in total. The van der Waals surface area contributed by atoms with Crippen molar-refractivity contribution in [3.63, 3.8) is 0 Å². The molecule has 0 aromatic heterocycles. The molecule has 0 heteroatoms. The van der Waals surface area contributed by atoms with E-state index in [0.29, 0.717) is 5.92 Å². The molecular weight excluding hydrogens is 240 g/mol. The zero-order valence-electron chi connectivity index (χ0n) is 12.7. The lowest BCUT2D eigenvalue weighted by Crippen LogP contribution is -1.76. The molecule has 0 saturated heterocycles. The van der Waals surface area contributed by atoms with Crippen LogP contribution in [0, 0.1) is 12.8 Å². The van der Waals surface area contributed by atoms with Gasteiger partial charge >= 0.3 is 0 Å². The van der Waals surface area contributed by atoms with Crippen LogP contribution in [-0.4, -0.2) is 0 Å². The van der Waals surface area contributed by atoms with Gasteiger partial charge in [-0.3, -0.25) is 0 Å². The Balaban J connectivity index is 0.000000204. The van der Waals surface area contributed by atoms with Gasteiger partial charge < -0.3 is 0 Å². The highest BCUT2D eigenvalue weighted by Crippen LogP contribution is 2.06. The molecule has 0 aliphatic rings. The highest BCUT2D eigenvalue weighted by molar-refractivity contribution is 5.51. The van der Waals surface area contributed by atoms with E-state index in [1.165, 1.54) is 16.7 Å². The fourth-order valence-corrected chi connectivity index (χ4v) is 1.68. The van der Waals surface area contributed by atoms with E-state index in [-0.39, 0.29) is 0 Å². The van der Waals surface area contributed by atoms with Gasteiger partial charge in [0.1, 0.15) is 0 Å². The van der Waals surface area contributed by atoms with Crippen LogP contribution in [0.5, 0.6) is 0 Å². The van der Waals surface area contributed by atoms with Gasteiger partial charge in [-0.2, -0.15) is 0 Å². The first-order valence-corrected chi connectivity index (χ1v) is 7.04. The molecular formula is C20H24. The van der Waals surface area contributed by atoms with E-state index in [1.807, 2.05) is 24.3 Å². The van der Waals surface area contributed by atoms with Crippen molar-refractivity contribution in [2.75, 3.05) is 0 Å². The molecule has 0 N–H and O–H groups in total. The van der Waals surface area contributed by atoms with Gasteiger partial charge in [-0.15, -0.1) is 0 Å². The minimum Gasteiger partial charge on any atom is -0.0985 e. The van der Waals surface area contributed by atoms with Crippen molar-refractivity contribution in [3.05, 3.63) is 83.9 Å². The molecule has 0 amide bonds. The van der Waals surface area contributed by atoms with E-state index < -0.39 is 0 Å². The van der Waals surface area contributed by atoms with Crippen molar-refractivity contribution in [3.8, 4) is 0 Å². The predicted molar refractivity (Wildman–Crippen MR) is 91.6 cm³/mol. The van der Waals surface area contributed by atoms with Crippen molar-refractivity contribution < 1.29 is 0 Å². The summed E-state index contributed by atoms with van der Waals surface area (Å²) in [6.07, 6.45) is 6.23. The molecule has 104 valence electrons. The van der Waals surface area contributed by atoms with Gasteiger partial charge in [-0.05, 0) is 29.5 Å². The maximum Gasteiger partial charge on any atom is -0.0233 e. The second-order valence-corrected chi connectivity index (χ2v) is 5.07. The monoisotopic (exact) mass is 264 g/mol. The molecule has 0 heterocycles. The third kappa shape index (κ3) is 6.19. The van der Waals surface area contributed by atoms with E-state index in [0.717, 1.165) is 0 Å². The Hall–Kier alpha value is -2.08. The van der Waals surface area contributed by atoms with Crippen molar-refractivity contribution in [2.45, 2.75) is 20.8 Å². The topological polar surface area (TPSA) is 0 Å². The smallest absolute Gasteiger partial charge is 0.0233 e. The first kappa shape index (κ1) is 16.0. The van der Waals surface area contributed by atoms with E-state index in [2.05, 4.69) is 75.9 Å². The van der Waals surface area contributed by atoms with Crippen LogP contribution < -0.4 is 0 Å². The SMILES string of the molecule is C=Cc1ccccc1C.CC(C)C=Cc1ccccc1. The molecule has 0 spiro atoms. The first-order chi connectivity index (χ1) is 9.63. The molecule has 0 aliphatic heterocycles. The summed E-state index contributed by atoms with van der Waals surface area (Å²) in [5.74, 6) is 0.634. The van der Waals surface area contributed by atoms with Gasteiger partial charge in [-0.1, -0.05) is 93.3 Å². The molecule has 0 aliphatic carbocycles. The van der Waals surface area contributed by atoms with Crippen molar-refractivity contribution >= 4 is 12.2 Å². The lowest BCUT2D eigenvalue weighted by atomic mass is 10.1. The van der Waals surface area contributed by atoms with E-state index >= 15 is 0 Å². The Morgan fingerprint density at radius 3 is 2.00 bits per heavy atom. The second kappa shape index (κ2) is 8.92. The highest BCUT2D eigenvalue weighted by Gasteiger charge is 1.87. The first-order valence-electron chi connectivity index (χ1n) is 7.04. The molecule has 0 radical (unpaired) electrons. The largest absolute Gasteiger partial charge is 0.0985 e. The van der Waals surface area contributed by atoms with Crippen LogP contribution in [0.1, 0.15) is 30.5 Å². The van der Waals surface area contributed by atoms with E-state index in [4.69, 9.17) is 0 Å². The number of rotatable bonds is 3. The van der Waals surface area contributed by atoms with Crippen LogP contribution in [0.15, 0.2) is 67.3 Å². The Morgan fingerprint density at radius 2 is 1.50 bits per heavy atom. The predicted octanol–water partition coefficient (Wildman–Crippen LogP) is 5.99. The molecule has 0 unspecified atom stereocenters. The summed E-state index contributed by atoms with van der Waals surface area (Å²) < 4.78 is 0. The van der Waals surface area contributed by atoms with Gasteiger partial charge in [0.15, 0.2) is 0 Å². The average molecular weight is 264 g/mol. The van der Waals surface area contributed by atoms with Crippen LogP contribution in [0.3, 0.4) is 0 Å². The van der Waals surface area contributed by atoms with Gasteiger partial charge in [0, 0.05) is 0 Å². The van der Waals surface area contributed by atoms with Crippen LogP contribution in [-0.2, 0) is 0 Å². The van der Waals surface area contributed by atoms with Crippen molar-refractivity contribution in [1.82, 2.24) is 0 Å². The number of benzene rings is 2. The normalized spacial score (nSPS) is 10.2. The minimum atomic E-state index is 0.634. The van der Waals surface area contributed by atoms with Crippen LogP contribution in [0.25, 0.3) is 12.2 Å². The maximum atomic E-state index is 3.69. The number of allylic oxidation sites excluding steroid dienone is 1. The van der Waals surface area contributed by atoms with Crippen LogP contribution in [0.2, 0.25) is 0 Å². The fourth-order valence-electron chi connectivity index (χ4n) is 1.68. The third-order valence-electron chi connectivity index (χ3n) is 2.88. The number of hydrogen-bond acceptors (Lipinski definition) is 0.